The lowest BCUT2D eigenvalue weighted by molar-refractivity contribution is -0.137. The highest BCUT2D eigenvalue weighted by atomic mass is 16.4. The summed E-state index contributed by atoms with van der Waals surface area (Å²) < 4.78 is 0. The summed E-state index contributed by atoms with van der Waals surface area (Å²) in [6.45, 7) is 0. The number of carbonyl (C=O) groups excluding carboxylic acids is 2. The molecule has 0 saturated carbocycles. The monoisotopic (exact) mass is 262 g/mol. The molecule has 0 spiro atoms. The third kappa shape index (κ3) is 2.79. The van der Waals surface area contributed by atoms with Gasteiger partial charge in [-0.3, -0.25) is 14.4 Å². The van der Waals surface area contributed by atoms with Crippen LogP contribution in [0.15, 0.2) is 18.2 Å². The lowest BCUT2D eigenvalue weighted by Crippen LogP contribution is -2.36. The smallest absolute Gasteiger partial charge is 0.305 e. The van der Waals surface area contributed by atoms with Crippen molar-refractivity contribution in [2.75, 3.05) is 12.4 Å². The summed E-state index contributed by atoms with van der Waals surface area (Å²) in [5.74, 6) is -1.42. The number of Topliss-reactive ketones (excluding diaryl/α,β-unsaturated/α-hetero) is 1. The van der Waals surface area contributed by atoms with Gasteiger partial charge in [-0.2, -0.15) is 0 Å². The van der Waals surface area contributed by atoms with E-state index in [9.17, 15) is 14.4 Å². The Balaban J connectivity index is 2.22. The van der Waals surface area contributed by atoms with Gasteiger partial charge in [-0.05, 0) is 30.8 Å². The van der Waals surface area contributed by atoms with Crippen molar-refractivity contribution in [1.29, 1.82) is 0 Å². The first-order valence-electron chi connectivity index (χ1n) is 5.87. The van der Waals surface area contributed by atoms with Crippen molar-refractivity contribution in [2.24, 2.45) is 0 Å². The molecule has 1 aliphatic heterocycles. The first-order valence-corrected chi connectivity index (χ1v) is 5.87. The number of nitrogens with one attached hydrogen (secondary N) is 2. The maximum absolute atomic E-state index is 12.2. The van der Waals surface area contributed by atoms with Gasteiger partial charge in [0.25, 0.3) is 0 Å². The van der Waals surface area contributed by atoms with Crippen molar-refractivity contribution in [3.8, 4) is 0 Å². The number of carbonyl (C=O) groups is 3. The molecule has 1 amide bonds. The van der Waals surface area contributed by atoms with Gasteiger partial charge in [0.15, 0.2) is 5.78 Å². The fourth-order valence-electron chi connectivity index (χ4n) is 2.08. The summed E-state index contributed by atoms with van der Waals surface area (Å²) in [6.07, 6.45) is -0.0246. The van der Waals surface area contributed by atoms with E-state index in [1.807, 2.05) is 0 Å². The van der Waals surface area contributed by atoms with Gasteiger partial charge in [0.05, 0.1) is 18.9 Å². The van der Waals surface area contributed by atoms with Crippen LogP contribution in [0.5, 0.6) is 0 Å². The molecule has 6 heteroatoms. The maximum atomic E-state index is 12.2. The number of amides is 1. The van der Waals surface area contributed by atoms with Gasteiger partial charge in [0.1, 0.15) is 0 Å². The van der Waals surface area contributed by atoms with Crippen LogP contribution in [0.3, 0.4) is 0 Å². The number of carboxylic acids is 1. The Labute approximate surface area is 109 Å². The van der Waals surface area contributed by atoms with Crippen LogP contribution in [0.4, 0.5) is 5.69 Å². The second-order valence-corrected chi connectivity index (χ2v) is 4.40. The molecule has 19 heavy (non-hydrogen) atoms. The Morgan fingerprint density at radius 1 is 1.47 bits per heavy atom. The molecule has 1 aliphatic rings. The van der Waals surface area contributed by atoms with E-state index >= 15 is 0 Å². The zero-order valence-corrected chi connectivity index (χ0v) is 10.4. The van der Waals surface area contributed by atoms with Crippen LogP contribution in [0.25, 0.3) is 0 Å². The van der Waals surface area contributed by atoms with E-state index < -0.39 is 12.0 Å². The molecule has 1 atom stereocenters. The summed E-state index contributed by atoms with van der Waals surface area (Å²) >= 11 is 0. The van der Waals surface area contributed by atoms with E-state index in [0.717, 1.165) is 5.56 Å². The van der Waals surface area contributed by atoms with Crippen molar-refractivity contribution in [3.05, 3.63) is 29.3 Å². The van der Waals surface area contributed by atoms with Gasteiger partial charge in [0.2, 0.25) is 5.91 Å². The van der Waals surface area contributed by atoms with E-state index in [0.29, 0.717) is 11.3 Å². The van der Waals surface area contributed by atoms with E-state index in [-0.39, 0.29) is 24.5 Å². The van der Waals surface area contributed by atoms with Crippen LogP contribution >= 0.6 is 0 Å². The topological polar surface area (TPSA) is 95.5 Å². The zero-order chi connectivity index (χ0) is 14.0. The van der Waals surface area contributed by atoms with Crippen molar-refractivity contribution < 1.29 is 19.5 Å². The van der Waals surface area contributed by atoms with Crippen molar-refractivity contribution >= 4 is 23.3 Å². The zero-order valence-electron chi connectivity index (χ0n) is 10.4. The molecule has 1 unspecified atom stereocenters. The quantitative estimate of drug-likeness (QED) is 0.669. The standard InChI is InChI=1S/C13H14N2O4/c1-14-10(6-12(17)18)13(19)7-2-3-9-8(4-7)5-11(16)15-9/h2-4,10,14H,5-6H2,1H3,(H,15,16)(H,17,18). The summed E-state index contributed by atoms with van der Waals surface area (Å²) in [6, 6.07) is 4.14. The number of likely N-dealkylation sites (N-methyl/N-ethyl adjacent to an activating group) is 1. The average molecular weight is 262 g/mol. The Hall–Kier alpha value is -2.21. The molecule has 6 nitrogen and oxygen atoms in total. The summed E-state index contributed by atoms with van der Waals surface area (Å²) in [5, 5.41) is 14.1. The first kappa shape index (κ1) is 13.2. The van der Waals surface area contributed by atoms with E-state index in [4.69, 9.17) is 5.11 Å². The number of benzene rings is 1. The number of anilines is 1. The normalized spacial score (nSPS) is 14.7. The molecule has 3 N–H and O–H groups in total. The van der Waals surface area contributed by atoms with Crippen molar-refractivity contribution in [2.45, 2.75) is 18.9 Å². The molecule has 0 saturated heterocycles. The number of aliphatic carboxylic acids is 1. The van der Waals surface area contributed by atoms with Crippen molar-refractivity contribution in [1.82, 2.24) is 5.32 Å². The Morgan fingerprint density at radius 2 is 2.21 bits per heavy atom. The largest absolute Gasteiger partial charge is 0.481 e. The fourth-order valence-corrected chi connectivity index (χ4v) is 2.08. The fraction of sp³-hybridized carbons (Fsp3) is 0.308. The van der Waals surface area contributed by atoms with Crippen molar-refractivity contribution in [3.63, 3.8) is 0 Å². The SMILES string of the molecule is CNC(CC(=O)O)C(=O)c1ccc2c(c1)CC(=O)N2. The highest BCUT2D eigenvalue weighted by Gasteiger charge is 2.24. The molecule has 0 radical (unpaired) electrons. The molecule has 2 rings (SSSR count). The van der Waals surface area contributed by atoms with Gasteiger partial charge in [-0.15, -0.1) is 0 Å². The lowest BCUT2D eigenvalue weighted by Gasteiger charge is -2.13. The number of hydrogen-bond acceptors (Lipinski definition) is 4. The van der Waals surface area contributed by atoms with Crippen LogP contribution < -0.4 is 10.6 Å². The first-order chi connectivity index (χ1) is 9.01. The highest BCUT2D eigenvalue weighted by Crippen LogP contribution is 2.24. The lowest BCUT2D eigenvalue weighted by atomic mass is 9.99. The third-order valence-corrected chi connectivity index (χ3v) is 3.06. The van der Waals surface area contributed by atoms with Crippen LogP contribution in [0, 0.1) is 0 Å². The summed E-state index contributed by atoms with van der Waals surface area (Å²) in [5.41, 5.74) is 1.89. The molecule has 100 valence electrons. The van der Waals surface area contributed by atoms with Crippen LogP contribution in [0.1, 0.15) is 22.3 Å². The second-order valence-electron chi connectivity index (χ2n) is 4.40. The van der Waals surface area contributed by atoms with Gasteiger partial charge in [-0.25, -0.2) is 0 Å². The Morgan fingerprint density at radius 3 is 2.84 bits per heavy atom. The second kappa shape index (κ2) is 5.19. The maximum Gasteiger partial charge on any atom is 0.305 e. The Kier molecular flexibility index (Phi) is 3.62. The van der Waals surface area contributed by atoms with Crippen LogP contribution in [-0.2, 0) is 16.0 Å². The molecule has 0 fully saturated rings. The third-order valence-electron chi connectivity index (χ3n) is 3.06. The van der Waals surface area contributed by atoms with E-state index in [1.54, 1.807) is 25.2 Å². The number of rotatable bonds is 5. The van der Waals surface area contributed by atoms with Gasteiger partial charge in [-0.1, -0.05) is 0 Å². The van der Waals surface area contributed by atoms with Gasteiger partial charge < -0.3 is 15.7 Å². The summed E-state index contributed by atoms with van der Waals surface area (Å²) in [4.78, 5) is 34.1. The predicted molar refractivity (Wildman–Crippen MR) is 68.2 cm³/mol. The molecule has 0 aliphatic carbocycles. The van der Waals surface area contributed by atoms with Gasteiger partial charge >= 0.3 is 5.97 Å². The molecule has 1 aromatic rings. The number of fused-ring (bicyclic) bond motifs is 1. The minimum Gasteiger partial charge on any atom is -0.481 e. The minimum atomic E-state index is -1.04. The van der Waals surface area contributed by atoms with Crippen LogP contribution in [0.2, 0.25) is 0 Å². The summed E-state index contributed by atoms with van der Waals surface area (Å²) in [7, 11) is 1.55. The molecule has 1 heterocycles. The predicted octanol–water partition coefficient (Wildman–Crippen LogP) is 0.427. The molecule has 0 bridgehead atoms. The molecule has 0 aromatic heterocycles. The molecule has 1 aromatic carbocycles. The minimum absolute atomic E-state index is 0.102. The van der Waals surface area contributed by atoms with Crippen LogP contribution in [-0.4, -0.2) is 35.9 Å². The van der Waals surface area contributed by atoms with E-state index in [1.165, 1.54) is 0 Å². The number of carboxylic acid groups (broad SMARTS) is 1. The Bertz CT molecular complexity index is 554. The molecular formula is C13H14N2O4. The number of hydrogen-bond donors (Lipinski definition) is 3. The highest BCUT2D eigenvalue weighted by molar-refractivity contribution is 6.04. The molecular weight excluding hydrogens is 248 g/mol. The van der Waals surface area contributed by atoms with E-state index in [2.05, 4.69) is 10.6 Å². The number of ketones is 1. The van der Waals surface area contributed by atoms with Gasteiger partial charge in [0, 0.05) is 11.3 Å². The average Bonchev–Trinajstić information content (AvgIpc) is 2.73.